The number of hydrogen-bond acceptors (Lipinski definition) is 2. The maximum absolute atomic E-state index is 13.5. The first-order valence-corrected chi connectivity index (χ1v) is 11.3. The van der Waals surface area contributed by atoms with Crippen molar-refractivity contribution in [2.75, 3.05) is 26.2 Å². The number of alkyl halides is 3. The maximum atomic E-state index is 13.5. The number of piperidine rings is 1. The molecule has 0 saturated carbocycles. The van der Waals surface area contributed by atoms with Gasteiger partial charge in [-0.05, 0) is 48.5 Å². The first-order valence-electron chi connectivity index (χ1n) is 11.3. The molecule has 33 heavy (non-hydrogen) atoms. The van der Waals surface area contributed by atoms with Crippen LogP contribution in [0, 0.1) is 5.41 Å². The van der Waals surface area contributed by atoms with Crippen molar-refractivity contribution in [2.24, 2.45) is 5.41 Å². The molecule has 1 amide bonds. The van der Waals surface area contributed by atoms with Gasteiger partial charge in [0.25, 0.3) is 0 Å². The van der Waals surface area contributed by atoms with E-state index in [1.165, 1.54) is 22.6 Å². The molecule has 3 rings (SSSR count). The maximum Gasteiger partial charge on any atom is 0.416 e. The molecule has 1 aliphatic heterocycles. The number of likely N-dealkylation sites (tertiary alicyclic amines) is 1. The second kappa shape index (κ2) is 9.75. The predicted octanol–water partition coefficient (Wildman–Crippen LogP) is 6.27. The van der Waals surface area contributed by atoms with E-state index in [0.29, 0.717) is 38.0 Å². The lowest BCUT2D eigenvalue weighted by Crippen LogP contribution is -2.51. The van der Waals surface area contributed by atoms with Crippen molar-refractivity contribution in [3.8, 4) is 0 Å². The minimum absolute atomic E-state index is 0.181. The minimum Gasteiger partial charge on any atom is -0.465 e. The number of carboxylic acid groups (broad SMARTS) is 1. The third-order valence-electron chi connectivity index (χ3n) is 6.29. The molecule has 1 fully saturated rings. The molecular formula is C26H33F3N2O2. The molecule has 1 aliphatic rings. The van der Waals surface area contributed by atoms with Crippen LogP contribution in [0.15, 0.2) is 54.6 Å². The fraction of sp³-hybridized carbons (Fsp3) is 0.500. The van der Waals surface area contributed by atoms with Gasteiger partial charge in [0, 0.05) is 25.0 Å². The summed E-state index contributed by atoms with van der Waals surface area (Å²) in [6, 6.07) is 15.5. The van der Waals surface area contributed by atoms with E-state index in [1.807, 2.05) is 39.0 Å². The smallest absolute Gasteiger partial charge is 0.416 e. The summed E-state index contributed by atoms with van der Waals surface area (Å²) in [4.78, 5) is 15.8. The molecule has 0 radical (unpaired) electrons. The largest absolute Gasteiger partial charge is 0.465 e. The molecule has 0 unspecified atom stereocenters. The van der Waals surface area contributed by atoms with E-state index in [0.717, 1.165) is 12.6 Å². The number of hydrogen-bond donors (Lipinski definition) is 1. The van der Waals surface area contributed by atoms with Gasteiger partial charge in [0.15, 0.2) is 0 Å². The van der Waals surface area contributed by atoms with Crippen LogP contribution < -0.4 is 0 Å². The van der Waals surface area contributed by atoms with Crippen molar-refractivity contribution < 1.29 is 23.1 Å². The lowest BCUT2D eigenvalue weighted by molar-refractivity contribution is -0.137. The second-order valence-corrected chi connectivity index (χ2v) is 10.3. The Kier molecular flexibility index (Phi) is 7.42. The van der Waals surface area contributed by atoms with Crippen molar-refractivity contribution in [3.63, 3.8) is 0 Å². The second-order valence-electron chi connectivity index (χ2n) is 10.3. The highest BCUT2D eigenvalue weighted by molar-refractivity contribution is 5.65. The number of rotatable bonds is 6. The molecule has 0 bridgehead atoms. The molecule has 1 N–H and O–H groups in total. The molecule has 1 saturated heterocycles. The Morgan fingerprint density at radius 3 is 2.21 bits per heavy atom. The number of halogens is 3. The van der Waals surface area contributed by atoms with Crippen molar-refractivity contribution >= 4 is 6.09 Å². The Bertz CT molecular complexity index is 931. The number of benzene rings is 2. The van der Waals surface area contributed by atoms with Crippen LogP contribution in [0.1, 0.15) is 50.3 Å². The molecule has 0 aliphatic carbocycles. The van der Waals surface area contributed by atoms with Crippen molar-refractivity contribution in [3.05, 3.63) is 71.3 Å². The average Bonchev–Trinajstić information content (AvgIpc) is 2.74. The average molecular weight is 463 g/mol. The van der Waals surface area contributed by atoms with Crippen LogP contribution in [-0.4, -0.2) is 47.2 Å². The summed E-state index contributed by atoms with van der Waals surface area (Å²) in [5.41, 5.74) is 0.129. The Morgan fingerprint density at radius 2 is 1.67 bits per heavy atom. The minimum atomic E-state index is -4.44. The van der Waals surface area contributed by atoms with E-state index < -0.39 is 23.2 Å². The Balaban J connectivity index is 1.90. The van der Waals surface area contributed by atoms with Crippen LogP contribution in [0.4, 0.5) is 18.0 Å². The lowest BCUT2D eigenvalue weighted by Gasteiger charge is -2.45. The third-order valence-corrected chi connectivity index (χ3v) is 6.29. The van der Waals surface area contributed by atoms with Crippen molar-refractivity contribution in [1.82, 2.24) is 9.80 Å². The van der Waals surface area contributed by atoms with Crippen LogP contribution in [0.25, 0.3) is 0 Å². The number of nitrogens with zero attached hydrogens (tertiary/aromatic N) is 2. The van der Waals surface area contributed by atoms with Gasteiger partial charge in [0.05, 0.1) is 5.56 Å². The zero-order valence-electron chi connectivity index (χ0n) is 19.5. The van der Waals surface area contributed by atoms with Gasteiger partial charge in [-0.3, -0.25) is 4.90 Å². The molecule has 180 valence electrons. The number of amides is 1. The molecular weight excluding hydrogens is 429 g/mol. The summed E-state index contributed by atoms with van der Waals surface area (Å²) in [6.45, 7) is 8.52. The predicted molar refractivity (Wildman–Crippen MR) is 123 cm³/mol. The molecule has 2 aromatic rings. The summed E-state index contributed by atoms with van der Waals surface area (Å²) in [5.74, 6) is 0. The van der Waals surface area contributed by atoms with E-state index in [-0.39, 0.29) is 12.0 Å². The lowest BCUT2D eigenvalue weighted by atomic mass is 9.71. The zero-order chi connectivity index (χ0) is 24.3. The van der Waals surface area contributed by atoms with Crippen LogP contribution in [0.5, 0.6) is 0 Å². The molecule has 4 nitrogen and oxygen atoms in total. The fourth-order valence-corrected chi connectivity index (χ4v) is 4.67. The van der Waals surface area contributed by atoms with Crippen LogP contribution >= 0.6 is 0 Å². The SMILES string of the molecule is CC(C)(C)CN(CC1(c2cccc(C(F)(F)F)c2)CCN(Cc2ccccc2)CC1)C(=O)O. The normalized spacial score (nSPS) is 17.0. The van der Waals surface area contributed by atoms with Crippen LogP contribution in [0.2, 0.25) is 0 Å². The van der Waals surface area contributed by atoms with Gasteiger partial charge in [-0.15, -0.1) is 0 Å². The van der Waals surface area contributed by atoms with E-state index in [2.05, 4.69) is 17.0 Å². The summed E-state index contributed by atoms with van der Waals surface area (Å²) in [6.07, 6.45) is -4.30. The summed E-state index contributed by atoms with van der Waals surface area (Å²) < 4.78 is 40.4. The standard InChI is InChI=1S/C26H33F3N2O2/c1-24(2,3)18-31(23(32)33)19-25(21-10-7-11-22(16-21)26(27,28)29)12-14-30(15-13-25)17-20-8-5-4-6-9-20/h4-11,16H,12-15,17-19H2,1-3H3,(H,32,33). The quantitative estimate of drug-likeness (QED) is 0.551. The molecule has 2 aromatic carbocycles. The highest BCUT2D eigenvalue weighted by atomic mass is 19.4. The van der Waals surface area contributed by atoms with Gasteiger partial charge >= 0.3 is 12.3 Å². The van der Waals surface area contributed by atoms with Gasteiger partial charge in [-0.2, -0.15) is 13.2 Å². The first-order chi connectivity index (χ1) is 15.4. The Hall–Kier alpha value is -2.54. The molecule has 7 heteroatoms. The van der Waals surface area contributed by atoms with E-state index >= 15 is 0 Å². The van der Waals surface area contributed by atoms with Gasteiger partial charge in [0.2, 0.25) is 0 Å². The van der Waals surface area contributed by atoms with Crippen LogP contribution in [0.3, 0.4) is 0 Å². The highest BCUT2D eigenvalue weighted by Crippen LogP contribution is 2.40. The molecule has 0 spiro atoms. The zero-order valence-corrected chi connectivity index (χ0v) is 19.5. The summed E-state index contributed by atoms with van der Waals surface area (Å²) in [7, 11) is 0. The Morgan fingerprint density at radius 1 is 1.03 bits per heavy atom. The van der Waals surface area contributed by atoms with Gasteiger partial charge in [0.1, 0.15) is 0 Å². The first kappa shape index (κ1) is 25.1. The van der Waals surface area contributed by atoms with Gasteiger partial charge in [-0.25, -0.2) is 4.79 Å². The third kappa shape index (κ3) is 6.73. The topological polar surface area (TPSA) is 43.8 Å². The van der Waals surface area contributed by atoms with Crippen LogP contribution in [-0.2, 0) is 18.1 Å². The van der Waals surface area contributed by atoms with E-state index in [9.17, 15) is 23.1 Å². The molecule has 1 heterocycles. The summed E-state index contributed by atoms with van der Waals surface area (Å²) in [5, 5.41) is 9.89. The van der Waals surface area contributed by atoms with Gasteiger partial charge in [-0.1, -0.05) is 69.3 Å². The van der Waals surface area contributed by atoms with Gasteiger partial charge < -0.3 is 10.0 Å². The molecule has 0 aromatic heterocycles. The molecule has 0 atom stereocenters. The van der Waals surface area contributed by atoms with Crippen molar-refractivity contribution in [2.45, 2.75) is 51.7 Å². The monoisotopic (exact) mass is 462 g/mol. The number of carbonyl (C=O) groups is 1. The van der Waals surface area contributed by atoms with E-state index in [1.54, 1.807) is 6.07 Å². The Labute approximate surface area is 194 Å². The van der Waals surface area contributed by atoms with Crippen molar-refractivity contribution in [1.29, 1.82) is 0 Å². The fourth-order valence-electron chi connectivity index (χ4n) is 4.67. The van der Waals surface area contributed by atoms with E-state index in [4.69, 9.17) is 0 Å². The summed E-state index contributed by atoms with van der Waals surface area (Å²) >= 11 is 0. The highest BCUT2D eigenvalue weighted by Gasteiger charge is 2.41.